The molecule has 1 unspecified atom stereocenters. The quantitative estimate of drug-likeness (QED) is 0.893. The van der Waals surface area contributed by atoms with Crippen LogP contribution in [0.3, 0.4) is 0 Å². The Morgan fingerprint density at radius 3 is 2.27 bits per heavy atom. The summed E-state index contributed by atoms with van der Waals surface area (Å²) in [5, 5.41) is 0. The lowest BCUT2D eigenvalue weighted by atomic mass is 10.1. The van der Waals surface area contributed by atoms with Crippen molar-refractivity contribution in [1.82, 2.24) is 9.62 Å². The van der Waals surface area contributed by atoms with Crippen LogP contribution in [0.15, 0.2) is 17.0 Å². The minimum Gasteiger partial charge on any atom is -0.379 e. The monoisotopic (exact) mass is 326 g/mol. The van der Waals surface area contributed by atoms with Crippen LogP contribution in [0.1, 0.15) is 23.6 Å². The molecule has 2 rings (SSSR count). The van der Waals surface area contributed by atoms with Gasteiger partial charge in [-0.2, -0.15) is 0 Å². The molecule has 5 nitrogen and oxygen atoms in total. The van der Waals surface area contributed by atoms with Crippen molar-refractivity contribution in [2.24, 2.45) is 0 Å². The third-order valence-electron chi connectivity index (χ3n) is 3.87. The topological polar surface area (TPSA) is 58.6 Å². The van der Waals surface area contributed by atoms with E-state index in [0.29, 0.717) is 11.4 Å². The molecule has 22 heavy (non-hydrogen) atoms. The lowest BCUT2D eigenvalue weighted by Crippen LogP contribution is -2.46. The molecule has 0 bridgehead atoms. The predicted molar refractivity (Wildman–Crippen MR) is 87.7 cm³/mol. The number of hydrogen-bond donors (Lipinski definition) is 1. The molecule has 1 saturated heterocycles. The van der Waals surface area contributed by atoms with Crippen molar-refractivity contribution in [2.45, 2.75) is 38.6 Å². The fraction of sp³-hybridized carbons (Fsp3) is 0.625. The average Bonchev–Trinajstić information content (AvgIpc) is 2.36. The Bertz CT molecular complexity index is 599. The highest BCUT2D eigenvalue weighted by Crippen LogP contribution is 2.21. The smallest absolute Gasteiger partial charge is 0.241 e. The molecular formula is C16H26N2O3S. The van der Waals surface area contributed by atoms with Crippen LogP contribution in [0, 0.1) is 20.8 Å². The zero-order valence-corrected chi connectivity index (χ0v) is 14.7. The van der Waals surface area contributed by atoms with E-state index in [4.69, 9.17) is 4.74 Å². The summed E-state index contributed by atoms with van der Waals surface area (Å²) in [6.07, 6.45) is 0. The summed E-state index contributed by atoms with van der Waals surface area (Å²) in [7, 11) is -3.50. The maximum absolute atomic E-state index is 12.7. The van der Waals surface area contributed by atoms with E-state index in [1.165, 1.54) is 0 Å². The number of sulfonamides is 1. The predicted octanol–water partition coefficient (Wildman–Crippen LogP) is 1.61. The first-order valence-electron chi connectivity index (χ1n) is 7.70. The van der Waals surface area contributed by atoms with Gasteiger partial charge in [0.2, 0.25) is 10.0 Å². The van der Waals surface area contributed by atoms with Gasteiger partial charge in [0.15, 0.2) is 0 Å². The number of benzene rings is 1. The van der Waals surface area contributed by atoms with Crippen LogP contribution < -0.4 is 4.72 Å². The van der Waals surface area contributed by atoms with E-state index < -0.39 is 10.0 Å². The SMILES string of the molecule is Cc1cc(C)c(S(=O)(=O)NC(C)CN2CCOCC2)c(C)c1. The Morgan fingerprint density at radius 1 is 1.18 bits per heavy atom. The molecule has 1 fully saturated rings. The van der Waals surface area contributed by atoms with Crippen molar-refractivity contribution in [3.63, 3.8) is 0 Å². The van der Waals surface area contributed by atoms with E-state index in [1.807, 2.05) is 39.8 Å². The first kappa shape index (κ1) is 17.4. The Balaban J connectivity index is 2.10. The maximum Gasteiger partial charge on any atom is 0.241 e. The Kier molecular flexibility index (Phi) is 5.60. The van der Waals surface area contributed by atoms with E-state index in [2.05, 4.69) is 9.62 Å². The lowest BCUT2D eigenvalue weighted by Gasteiger charge is -2.29. The van der Waals surface area contributed by atoms with Crippen molar-refractivity contribution in [2.75, 3.05) is 32.8 Å². The zero-order chi connectivity index (χ0) is 16.3. The van der Waals surface area contributed by atoms with Crippen LogP contribution in [0.25, 0.3) is 0 Å². The van der Waals surface area contributed by atoms with Crippen LogP contribution in [-0.2, 0) is 14.8 Å². The summed E-state index contributed by atoms with van der Waals surface area (Å²) < 4.78 is 33.5. The molecule has 0 amide bonds. The van der Waals surface area contributed by atoms with Gasteiger partial charge in [0.05, 0.1) is 18.1 Å². The van der Waals surface area contributed by atoms with Gasteiger partial charge in [-0.3, -0.25) is 4.90 Å². The summed E-state index contributed by atoms with van der Waals surface area (Å²) >= 11 is 0. The van der Waals surface area contributed by atoms with Gasteiger partial charge in [-0.15, -0.1) is 0 Å². The third kappa shape index (κ3) is 4.29. The Hall–Kier alpha value is -0.950. The van der Waals surface area contributed by atoms with Crippen LogP contribution in [0.2, 0.25) is 0 Å². The molecule has 1 aromatic carbocycles. The minimum absolute atomic E-state index is 0.136. The third-order valence-corrected chi connectivity index (χ3v) is 5.76. The number of aryl methyl sites for hydroxylation is 3. The number of hydrogen-bond acceptors (Lipinski definition) is 4. The van der Waals surface area contributed by atoms with Crippen LogP contribution in [-0.4, -0.2) is 52.2 Å². The fourth-order valence-electron chi connectivity index (χ4n) is 3.12. The first-order valence-corrected chi connectivity index (χ1v) is 9.18. The van der Waals surface area contributed by atoms with Gasteiger partial charge in [-0.05, 0) is 38.8 Å². The Morgan fingerprint density at radius 2 is 1.73 bits per heavy atom. The molecule has 1 N–H and O–H groups in total. The van der Waals surface area contributed by atoms with Gasteiger partial charge in [0.1, 0.15) is 0 Å². The van der Waals surface area contributed by atoms with E-state index in [-0.39, 0.29) is 6.04 Å². The van der Waals surface area contributed by atoms with Gasteiger partial charge in [-0.25, -0.2) is 13.1 Å². The van der Waals surface area contributed by atoms with Crippen LogP contribution in [0.4, 0.5) is 0 Å². The normalized spacial score (nSPS) is 18.4. The molecule has 0 spiro atoms. The highest BCUT2D eigenvalue weighted by atomic mass is 32.2. The molecule has 1 aliphatic rings. The second-order valence-electron chi connectivity index (χ2n) is 6.16. The lowest BCUT2D eigenvalue weighted by molar-refractivity contribution is 0.0354. The van der Waals surface area contributed by atoms with Gasteiger partial charge in [-0.1, -0.05) is 17.7 Å². The molecular weight excluding hydrogens is 300 g/mol. The van der Waals surface area contributed by atoms with Crippen molar-refractivity contribution < 1.29 is 13.2 Å². The second kappa shape index (κ2) is 7.08. The highest BCUT2D eigenvalue weighted by Gasteiger charge is 2.23. The number of rotatable bonds is 5. The number of nitrogens with zero attached hydrogens (tertiary/aromatic N) is 1. The fourth-order valence-corrected chi connectivity index (χ4v) is 4.81. The average molecular weight is 326 g/mol. The molecule has 0 radical (unpaired) electrons. The minimum atomic E-state index is -3.50. The Labute approximate surface area is 133 Å². The molecule has 1 heterocycles. The largest absolute Gasteiger partial charge is 0.379 e. The summed E-state index contributed by atoms with van der Waals surface area (Å²) in [5.74, 6) is 0. The van der Waals surface area contributed by atoms with Crippen molar-refractivity contribution in [3.05, 3.63) is 28.8 Å². The van der Waals surface area contributed by atoms with E-state index in [9.17, 15) is 8.42 Å². The standard InChI is InChI=1S/C16H26N2O3S/c1-12-9-13(2)16(14(3)10-12)22(19,20)17-15(4)11-18-5-7-21-8-6-18/h9-10,15,17H,5-8,11H2,1-4H3. The second-order valence-corrected chi connectivity index (χ2v) is 7.81. The van der Waals surface area contributed by atoms with Gasteiger partial charge < -0.3 is 4.74 Å². The van der Waals surface area contributed by atoms with E-state index in [1.54, 1.807) is 0 Å². The summed E-state index contributed by atoms with van der Waals surface area (Å²) in [6, 6.07) is 3.69. The van der Waals surface area contributed by atoms with Crippen molar-refractivity contribution in [3.8, 4) is 0 Å². The molecule has 0 saturated carbocycles. The number of morpholine rings is 1. The molecule has 1 aliphatic heterocycles. The first-order chi connectivity index (χ1) is 10.3. The maximum atomic E-state index is 12.7. The van der Waals surface area contributed by atoms with E-state index in [0.717, 1.165) is 43.0 Å². The molecule has 1 aromatic rings. The van der Waals surface area contributed by atoms with Crippen LogP contribution >= 0.6 is 0 Å². The zero-order valence-electron chi connectivity index (χ0n) is 13.8. The summed E-state index contributed by atoms with van der Waals surface area (Å²) in [4.78, 5) is 2.64. The molecule has 0 aliphatic carbocycles. The van der Waals surface area contributed by atoms with Crippen molar-refractivity contribution in [1.29, 1.82) is 0 Å². The molecule has 0 aromatic heterocycles. The number of ether oxygens (including phenoxy) is 1. The molecule has 6 heteroatoms. The molecule has 124 valence electrons. The van der Waals surface area contributed by atoms with E-state index >= 15 is 0 Å². The summed E-state index contributed by atoms with van der Waals surface area (Å²) in [5.41, 5.74) is 2.67. The summed E-state index contributed by atoms with van der Waals surface area (Å²) in [6.45, 7) is 11.4. The molecule has 1 atom stereocenters. The van der Waals surface area contributed by atoms with Gasteiger partial charge in [0.25, 0.3) is 0 Å². The highest BCUT2D eigenvalue weighted by molar-refractivity contribution is 7.89. The van der Waals surface area contributed by atoms with Crippen LogP contribution in [0.5, 0.6) is 0 Å². The van der Waals surface area contributed by atoms with Crippen molar-refractivity contribution >= 4 is 10.0 Å². The van der Waals surface area contributed by atoms with Gasteiger partial charge in [0, 0.05) is 25.7 Å². The number of nitrogens with one attached hydrogen (secondary N) is 1. The van der Waals surface area contributed by atoms with Gasteiger partial charge >= 0.3 is 0 Å².